The van der Waals surface area contributed by atoms with E-state index in [4.69, 9.17) is 5.11 Å². The van der Waals surface area contributed by atoms with Crippen molar-refractivity contribution in [3.05, 3.63) is 6.42 Å². The van der Waals surface area contributed by atoms with Gasteiger partial charge in [-0.15, -0.1) is 0 Å². The molecule has 0 amide bonds. The minimum Gasteiger partial charge on any atom is -0.389 e. The number of unbranched alkanes of at least 4 members (excludes halogenated alkanes) is 2. The number of hydrogen-bond acceptors (Lipinski definition) is 2. The summed E-state index contributed by atoms with van der Waals surface area (Å²) in [6.07, 6.45) is 4.47. The Morgan fingerprint density at radius 3 is 2.78 bits per heavy atom. The Morgan fingerprint density at radius 1 is 1.67 bits per heavy atom. The highest BCUT2D eigenvalue weighted by Crippen LogP contribution is 1.97. The average molecular weight is 129 g/mol. The lowest BCUT2D eigenvalue weighted by Gasteiger charge is -1.92. The summed E-state index contributed by atoms with van der Waals surface area (Å²) in [5.41, 5.74) is 0. The van der Waals surface area contributed by atoms with Crippen LogP contribution in [0.3, 0.4) is 0 Å². The van der Waals surface area contributed by atoms with Crippen LogP contribution in [0.2, 0.25) is 0 Å². The Hall–Kier alpha value is -0.370. The van der Waals surface area contributed by atoms with Crippen molar-refractivity contribution in [2.45, 2.75) is 26.2 Å². The summed E-state index contributed by atoms with van der Waals surface area (Å²) in [5.74, 6) is -0.163. The van der Waals surface area contributed by atoms with Gasteiger partial charge < -0.3 is 5.11 Å². The molecule has 0 fully saturated rings. The molecule has 1 radical (unpaired) electrons. The van der Waals surface area contributed by atoms with E-state index in [2.05, 4.69) is 6.92 Å². The summed E-state index contributed by atoms with van der Waals surface area (Å²) in [7, 11) is 0. The molecular weight excluding hydrogens is 116 g/mol. The molecule has 0 aromatic heterocycles. The topological polar surface area (TPSA) is 37.3 Å². The lowest BCUT2D eigenvalue weighted by atomic mass is 10.1. The second-order valence-electron chi connectivity index (χ2n) is 1.97. The highest BCUT2D eigenvalue weighted by Gasteiger charge is 1.96. The average Bonchev–Trinajstić information content (AvgIpc) is 1.89. The molecule has 9 heavy (non-hydrogen) atoms. The van der Waals surface area contributed by atoms with E-state index in [9.17, 15) is 4.79 Å². The third kappa shape index (κ3) is 5.50. The van der Waals surface area contributed by atoms with Gasteiger partial charge in [0.15, 0.2) is 5.78 Å². The van der Waals surface area contributed by atoms with E-state index < -0.39 is 0 Å². The quantitative estimate of drug-likeness (QED) is 0.561. The van der Waals surface area contributed by atoms with Crippen molar-refractivity contribution in [1.82, 2.24) is 0 Å². The lowest BCUT2D eigenvalue weighted by molar-refractivity contribution is -0.118. The zero-order chi connectivity index (χ0) is 7.11. The first-order valence-electron chi connectivity index (χ1n) is 3.28. The van der Waals surface area contributed by atoms with Gasteiger partial charge in [-0.1, -0.05) is 19.8 Å². The largest absolute Gasteiger partial charge is 0.389 e. The van der Waals surface area contributed by atoms with Gasteiger partial charge in [0.1, 0.15) is 6.61 Å². The fourth-order valence-corrected chi connectivity index (χ4v) is 0.532. The molecule has 0 aliphatic heterocycles. The van der Waals surface area contributed by atoms with Crippen LogP contribution in [0.1, 0.15) is 26.2 Å². The zero-order valence-electron chi connectivity index (χ0n) is 5.76. The standard InChI is InChI=1S/C7H13O2/c1-2-3-4-5-7(9)6-8/h5,8H,2-4,6H2,1H3. The number of Topliss-reactive ketones (excluding diaryl/α,β-unsaturated/α-hetero) is 1. The van der Waals surface area contributed by atoms with Crippen LogP contribution < -0.4 is 0 Å². The Bertz CT molecular complexity index is 79.0. The predicted molar refractivity (Wildman–Crippen MR) is 35.9 cm³/mol. The number of rotatable bonds is 5. The molecule has 2 heteroatoms. The molecule has 1 N–H and O–H groups in total. The van der Waals surface area contributed by atoms with Crippen molar-refractivity contribution in [2.75, 3.05) is 6.61 Å². The number of aliphatic hydroxyl groups is 1. The molecule has 0 unspecified atom stereocenters. The summed E-state index contributed by atoms with van der Waals surface area (Å²) in [6, 6.07) is 0. The maximum atomic E-state index is 10.4. The Kier molecular flexibility index (Phi) is 5.52. The van der Waals surface area contributed by atoms with E-state index >= 15 is 0 Å². The zero-order valence-corrected chi connectivity index (χ0v) is 5.76. The second kappa shape index (κ2) is 5.76. The molecule has 0 atom stereocenters. The minimum absolute atomic E-state index is 0.163. The van der Waals surface area contributed by atoms with Crippen molar-refractivity contribution in [3.63, 3.8) is 0 Å². The molecule has 0 aromatic rings. The first-order valence-corrected chi connectivity index (χ1v) is 3.28. The smallest absolute Gasteiger partial charge is 0.161 e. The number of carbonyl (C=O) groups excluding carboxylic acids is 1. The van der Waals surface area contributed by atoms with Crippen LogP contribution in [0.15, 0.2) is 0 Å². The molecule has 0 aliphatic carbocycles. The molecule has 0 spiro atoms. The molecule has 0 saturated carbocycles. The van der Waals surface area contributed by atoms with Crippen LogP contribution in [-0.4, -0.2) is 17.5 Å². The van der Waals surface area contributed by atoms with Crippen molar-refractivity contribution >= 4 is 5.78 Å². The van der Waals surface area contributed by atoms with Crippen LogP contribution in [0, 0.1) is 6.42 Å². The number of ketones is 1. The van der Waals surface area contributed by atoms with E-state index in [1.54, 1.807) is 6.42 Å². The fraction of sp³-hybridized carbons (Fsp3) is 0.714. The van der Waals surface area contributed by atoms with Crippen LogP contribution >= 0.6 is 0 Å². The Balaban J connectivity index is 2.97. The third-order valence-electron chi connectivity index (χ3n) is 1.09. The van der Waals surface area contributed by atoms with Gasteiger partial charge in [-0.25, -0.2) is 0 Å². The van der Waals surface area contributed by atoms with E-state index in [0.29, 0.717) is 0 Å². The molecule has 0 bridgehead atoms. The monoisotopic (exact) mass is 129 g/mol. The van der Waals surface area contributed by atoms with Crippen molar-refractivity contribution in [2.24, 2.45) is 0 Å². The number of aliphatic hydroxyl groups excluding tert-OH is 1. The highest BCUT2D eigenvalue weighted by atomic mass is 16.3. The van der Waals surface area contributed by atoms with E-state index in [1.165, 1.54) is 0 Å². The predicted octanol–water partition coefficient (Wildman–Crippen LogP) is 0.942. The minimum atomic E-state index is -0.344. The van der Waals surface area contributed by atoms with Crippen LogP contribution in [0.5, 0.6) is 0 Å². The summed E-state index contributed by atoms with van der Waals surface area (Å²) < 4.78 is 0. The van der Waals surface area contributed by atoms with Crippen LogP contribution in [0.25, 0.3) is 0 Å². The molecule has 2 nitrogen and oxygen atoms in total. The van der Waals surface area contributed by atoms with Gasteiger partial charge in [0.25, 0.3) is 0 Å². The number of hydrogen-bond donors (Lipinski definition) is 1. The summed E-state index contributed by atoms with van der Waals surface area (Å²) in [6.45, 7) is 1.72. The SMILES string of the molecule is CCCC[CH]C(=O)CO. The van der Waals surface area contributed by atoms with Gasteiger partial charge in [0, 0.05) is 6.42 Å². The van der Waals surface area contributed by atoms with Gasteiger partial charge in [0.2, 0.25) is 0 Å². The molecule has 0 saturated heterocycles. The molecule has 0 rings (SSSR count). The molecule has 0 aromatic carbocycles. The van der Waals surface area contributed by atoms with Gasteiger partial charge in [-0.2, -0.15) is 0 Å². The van der Waals surface area contributed by atoms with Crippen molar-refractivity contribution in [1.29, 1.82) is 0 Å². The van der Waals surface area contributed by atoms with Crippen molar-refractivity contribution < 1.29 is 9.90 Å². The van der Waals surface area contributed by atoms with Crippen LogP contribution in [0.4, 0.5) is 0 Å². The number of carbonyl (C=O) groups is 1. The van der Waals surface area contributed by atoms with Gasteiger partial charge in [-0.05, 0) is 6.42 Å². The second-order valence-corrected chi connectivity index (χ2v) is 1.97. The molecule has 0 heterocycles. The summed E-state index contributed by atoms with van der Waals surface area (Å²) >= 11 is 0. The maximum Gasteiger partial charge on any atom is 0.161 e. The molecule has 53 valence electrons. The Labute approximate surface area is 55.9 Å². The third-order valence-corrected chi connectivity index (χ3v) is 1.09. The summed E-state index contributed by atoms with van der Waals surface area (Å²) in [4.78, 5) is 10.4. The normalized spacial score (nSPS) is 9.56. The summed E-state index contributed by atoms with van der Waals surface area (Å²) in [5, 5.41) is 8.25. The molecular formula is C7H13O2. The first kappa shape index (κ1) is 8.63. The van der Waals surface area contributed by atoms with Crippen LogP contribution in [-0.2, 0) is 4.79 Å². The lowest BCUT2D eigenvalue weighted by Crippen LogP contribution is -2.03. The highest BCUT2D eigenvalue weighted by molar-refractivity contribution is 5.87. The molecule has 0 aliphatic rings. The van der Waals surface area contributed by atoms with E-state index in [-0.39, 0.29) is 12.4 Å². The fourth-order valence-electron chi connectivity index (χ4n) is 0.532. The van der Waals surface area contributed by atoms with Gasteiger partial charge in [-0.3, -0.25) is 4.79 Å². The first-order chi connectivity index (χ1) is 4.31. The van der Waals surface area contributed by atoms with Gasteiger partial charge >= 0.3 is 0 Å². The maximum absolute atomic E-state index is 10.4. The van der Waals surface area contributed by atoms with E-state index in [0.717, 1.165) is 19.3 Å². The Morgan fingerprint density at radius 2 is 2.33 bits per heavy atom. The van der Waals surface area contributed by atoms with E-state index in [1.807, 2.05) is 0 Å². The van der Waals surface area contributed by atoms with Gasteiger partial charge in [0.05, 0.1) is 0 Å². The van der Waals surface area contributed by atoms with Crippen molar-refractivity contribution in [3.8, 4) is 0 Å².